The smallest absolute Gasteiger partial charge is 0.346 e. The van der Waals surface area contributed by atoms with Crippen molar-refractivity contribution in [3.8, 4) is 0 Å². The number of aromatic nitrogens is 2. The van der Waals surface area contributed by atoms with Crippen LogP contribution in [0.15, 0.2) is 42.3 Å². The molecule has 0 fully saturated rings. The maximum atomic E-state index is 12.4. The molecule has 2 aromatic heterocycles. The Morgan fingerprint density at radius 3 is 2.91 bits per heavy atom. The van der Waals surface area contributed by atoms with Gasteiger partial charge in [-0.1, -0.05) is 13.0 Å². The summed E-state index contributed by atoms with van der Waals surface area (Å²) in [6, 6.07) is 3.73. The van der Waals surface area contributed by atoms with Crippen LogP contribution in [0.2, 0.25) is 0 Å². The van der Waals surface area contributed by atoms with Crippen molar-refractivity contribution in [3.05, 3.63) is 47.8 Å². The van der Waals surface area contributed by atoms with Crippen LogP contribution in [0.25, 0.3) is 16.6 Å². The van der Waals surface area contributed by atoms with E-state index in [1.165, 1.54) is 6.92 Å². The van der Waals surface area contributed by atoms with Crippen LogP contribution in [-0.4, -0.2) is 21.9 Å². The average Bonchev–Trinajstić information content (AvgIpc) is 3.13. The summed E-state index contributed by atoms with van der Waals surface area (Å²) in [7, 11) is 0. The van der Waals surface area contributed by atoms with Crippen LogP contribution in [0.4, 0.5) is 13.2 Å². The maximum absolute atomic E-state index is 12.4. The Balaban J connectivity index is 1.83. The largest absolute Gasteiger partial charge is 0.389 e. The predicted molar refractivity (Wildman–Crippen MR) is 81.6 cm³/mol. The van der Waals surface area contributed by atoms with Gasteiger partial charge in [0.2, 0.25) is 0 Å². The third-order valence-corrected chi connectivity index (χ3v) is 3.94. The Kier molecular flexibility index (Phi) is 3.83. The van der Waals surface area contributed by atoms with Gasteiger partial charge in [0.25, 0.3) is 0 Å². The molecule has 1 aliphatic carbocycles. The number of rotatable bonds is 4. The van der Waals surface area contributed by atoms with Gasteiger partial charge in [-0.05, 0) is 41.3 Å². The quantitative estimate of drug-likeness (QED) is 0.905. The zero-order chi connectivity index (χ0) is 16.6. The number of H-pyrrole nitrogens is 1. The standard InChI is InChI=1S/C17H15F3N2O/c1-10(9-17(18,19)20)15(23)12-3-2-11(8-12)13-4-6-21-16-14(13)5-7-22-16/h2,4-8,10H,3,9H2,1H3,(H,21,22). The second-order valence-electron chi connectivity index (χ2n) is 5.72. The Hall–Kier alpha value is -2.37. The van der Waals surface area contributed by atoms with Crippen molar-refractivity contribution in [1.82, 2.24) is 9.97 Å². The molecule has 1 N–H and O–H groups in total. The van der Waals surface area contributed by atoms with Crippen LogP contribution < -0.4 is 0 Å². The highest BCUT2D eigenvalue weighted by Gasteiger charge is 2.34. The van der Waals surface area contributed by atoms with Crippen molar-refractivity contribution in [2.75, 3.05) is 0 Å². The third-order valence-electron chi connectivity index (χ3n) is 3.94. The number of carbonyl (C=O) groups excluding carboxylic acids is 1. The van der Waals surface area contributed by atoms with Crippen LogP contribution in [0.1, 0.15) is 25.3 Å². The number of hydrogen-bond donors (Lipinski definition) is 1. The fourth-order valence-corrected chi connectivity index (χ4v) is 2.85. The number of Topliss-reactive ketones (excluding diaryl/α,β-unsaturated/α-hetero) is 1. The molecule has 3 nitrogen and oxygen atoms in total. The van der Waals surface area contributed by atoms with Crippen LogP contribution in [0, 0.1) is 5.92 Å². The molecule has 0 saturated carbocycles. The van der Waals surface area contributed by atoms with Gasteiger partial charge in [0.1, 0.15) is 5.65 Å². The molecule has 2 heterocycles. The number of aromatic amines is 1. The van der Waals surface area contributed by atoms with Crippen LogP contribution in [0.3, 0.4) is 0 Å². The minimum atomic E-state index is -4.33. The highest BCUT2D eigenvalue weighted by atomic mass is 19.4. The second kappa shape index (κ2) is 5.68. The topological polar surface area (TPSA) is 45.8 Å². The number of fused-ring (bicyclic) bond motifs is 1. The molecular weight excluding hydrogens is 305 g/mol. The summed E-state index contributed by atoms with van der Waals surface area (Å²) in [4.78, 5) is 19.4. The molecule has 0 amide bonds. The summed E-state index contributed by atoms with van der Waals surface area (Å²) in [6.07, 6.45) is 1.95. The number of pyridine rings is 1. The van der Waals surface area contributed by atoms with Gasteiger partial charge in [-0.15, -0.1) is 0 Å². The molecule has 2 aromatic rings. The molecule has 0 bridgehead atoms. The first-order valence-electron chi connectivity index (χ1n) is 7.29. The highest BCUT2D eigenvalue weighted by Crippen LogP contribution is 2.33. The SMILES string of the molecule is CC(CC(F)(F)F)C(=O)C1=CC(c2ccnc3[nH]ccc23)=CC1. The zero-order valence-electron chi connectivity index (χ0n) is 12.4. The van der Waals surface area contributed by atoms with Gasteiger partial charge >= 0.3 is 6.18 Å². The number of halogens is 3. The first-order chi connectivity index (χ1) is 10.8. The van der Waals surface area contributed by atoms with E-state index in [0.717, 1.165) is 22.2 Å². The summed E-state index contributed by atoms with van der Waals surface area (Å²) in [5.74, 6) is -1.49. The number of ketones is 1. The predicted octanol–water partition coefficient (Wildman–Crippen LogP) is 4.43. The van der Waals surface area contributed by atoms with Crippen molar-refractivity contribution in [3.63, 3.8) is 0 Å². The lowest BCUT2D eigenvalue weighted by Gasteiger charge is -2.13. The highest BCUT2D eigenvalue weighted by molar-refractivity contribution is 6.04. The van der Waals surface area contributed by atoms with Gasteiger partial charge in [0.15, 0.2) is 5.78 Å². The molecule has 0 saturated heterocycles. The monoisotopic (exact) mass is 320 g/mol. The third kappa shape index (κ3) is 3.21. The molecule has 1 aliphatic rings. The summed E-state index contributed by atoms with van der Waals surface area (Å²) < 4.78 is 37.3. The van der Waals surface area contributed by atoms with Crippen molar-refractivity contribution < 1.29 is 18.0 Å². The fraction of sp³-hybridized carbons (Fsp3) is 0.294. The van der Waals surface area contributed by atoms with E-state index in [9.17, 15) is 18.0 Å². The molecule has 6 heteroatoms. The Morgan fingerprint density at radius 2 is 2.17 bits per heavy atom. The maximum Gasteiger partial charge on any atom is 0.389 e. The van der Waals surface area contributed by atoms with Crippen LogP contribution in [-0.2, 0) is 4.79 Å². The molecule has 0 spiro atoms. The minimum absolute atomic E-state index is 0.366. The van der Waals surface area contributed by atoms with Crippen LogP contribution >= 0.6 is 0 Å². The summed E-state index contributed by atoms with van der Waals surface area (Å²) in [5.41, 5.74) is 2.93. The first kappa shape index (κ1) is 15.5. The lowest BCUT2D eigenvalue weighted by atomic mass is 9.95. The van der Waals surface area contributed by atoms with E-state index >= 15 is 0 Å². The normalized spacial score (nSPS) is 16.3. The van der Waals surface area contributed by atoms with Gasteiger partial charge in [-0.25, -0.2) is 4.98 Å². The number of allylic oxidation sites excluding steroid dienone is 4. The summed E-state index contributed by atoms with van der Waals surface area (Å²) in [5, 5.41) is 0.923. The number of nitrogens with zero attached hydrogens (tertiary/aromatic N) is 1. The van der Waals surface area contributed by atoms with E-state index in [0.29, 0.717) is 12.0 Å². The molecule has 1 atom stereocenters. The molecule has 0 aliphatic heterocycles. The summed E-state index contributed by atoms with van der Waals surface area (Å²) in [6.45, 7) is 1.32. The van der Waals surface area contributed by atoms with E-state index in [4.69, 9.17) is 0 Å². The van der Waals surface area contributed by atoms with Gasteiger partial charge in [0.05, 0.1) is 6.42 Å². The molecule has 1 unspecified atom stereocenters. The Labute approximate surface area is 130 Å². The van der Waals surface area contributed by atoms with E-state index in [2.05, 4.69) is 9.97 Å². The second-order valence-corrected chi connectivity index (χ2v) is 5.72. The lowest BCUT2D eigenvalue weighted by molar-refractivity contribution is -0.150. The molecule has 23 heavy (non-hydrogen) atoms. The van der Waals surface area contributed by atoms with Gasteiger partial charge in [-0.2, -0.15) is 13.2 Å². The molecular formula is C17H15F3N2O. The van der Waals surface area contributed by atoms with Crippen molar-refractivity contribution in [2.24, 2.45) is 5.92 Å². The zero-order valence-corrected chi connectivity index (χ0v) is 12.4. The number of carbonyl (C=O) groups is 1. The average molecular weight is 320 g/mol. The molecule has 0 aromatic carbocycles. The first-order valence-corrected chi connectivity index (χ1v) is 7.29. The minimum Gasteiger partial charge on any atom is -0.346 e. The Bertz CT molecular complexity index is 815. The lowest BCUT2D eigenvalue weighted by Crippen LogP contribution is -2.21. The number of alkyl halides is 3. The van der Waals surface area contributed by atoms with E-state index < -0.39 is 24.3 Å². The van der Waals surface area contributed by atoms with Crippen LogP contribution in [0.5, 0.6) is 0 Å². The molecule has 3 rings (SSSR count). The summed E-state index contributed by atoms with van der Waals surface area (Å²) >= 11 is 0. The van der Waals surface area contributed by atoms with Gasteiger partial charge in [-0.3, -0.25) is 4.79 Å². The van der Waals surface area contributed by atoms with E-state index in [1.807, 2.05) is 18.2 Å². The number of nitrogens with one attached hydrogen (secondary N) is 1. The molecule has 120 valence electrons. The Morgan fingerprint density at radius 1 is 1.39 bits per heavy atom. The fourth-order valence-electron chi connectivity index (χ4n) is 2.85. The van der Waals surface area contributed by atoms with Gasteiger partial charge in [0, 0.05) is 23.7 Å². The van der Waals surface area contributed by atoms with Crippen molar-refractivity contribution in [1.29, 1.82) is 0 Å². The van der Waals surface area contributed by atoms with Crippen molar-refractivity contribution >= 4 is 22.4 Å². The van der Waals surface area contributed by atoms with Crippen molar-refractivity contribution in [2.45, 2.75) is 25.9 Å². The molecule has 0 radical (unpaired) electrons. The van der Waals surface area contributed by atoms with Gasteiger partial charge < -0.3 is 4.98 Å². The van der Waals surface area contributed by atoms with E-state index in [-0.39, 0.29) is 0 Å². The van der Waals surface area contributed by atoms with E-state index in [1.54, 1.807) is 18.5 Å². The number of hydrogen-bond acceptors (Lipinski definition) is 2.